The van der Waals surface area contributed by atoms with Crippen LogP contribution in [-0.2, 0) is 19.1 Å². The van der Waals surface area contributed by atoms with Gasteiger partial charge in [0.15, 0.2) is 0 Å². The molecule has 172 valence electrons. The summed E-state index contributed by atoms with van der Waals surface area (Å²) in [4.78, 5) is 22.7. The highest BCUT2D eigenvalue weighted by molar-refractivity contribution is 5.69. The molecule has 1 fully saturated rings. The maximum atomic E-state index is 11.5. The molecule has 0 aromatic heterocycles. The van der Waals surface area contributed by atoms with Crippen molar-refractivity contribution in [2.45, 2.75) is 96.5 Å². The van der Waals surface area contributed by atoms with Gasteiger partial charge in [0.05, 0.1) is 7.11 Å². The molecule has 1 aliphatic carbocycles. The zero-order chi connectivity index (χ0) is 22.5. The molecule has 0 amide bonds. The molecule has 0 spiro atoms. The highest BCUT2D eigenvalue weighted by atomic mass is 16.5. The van der Waals surface area contributed by atoms with E-state index in [0.717, 1.165) is 50.5 Å². The Morgan fingerprint density at radius 1 is 1.10 bits per heavy atom. The van der Waals surface area contributed by atoms with E-state index in [0.29, 0.717) is 18.3 Å². The second-order valence-corrected chi connectivity index (χ2v) is 8.73. The molecule has 2 rings (SSSR count). The monoisotopic (exact) mass is 428 g/mol. The number of carbonyl (C=O) groups excluding carboxylic acids is 2. The summed E-state index contributed by atoms with van der Waals surface area (Å²) in [5.74, 6) is 0.936. The lowest BCUT2D eigenvalue weighted by atomic mass is 9.86. The van der Waals surface area contributed by atoms with E-state index >= 15 is 0 Å². The van der Waals surface area contributed by atoms with Gasteiger partial charge >= 0.3 is 11.9 Å². The second kappa shape index (κ2) is 14.1. The van der Waals surface area contributed by atoms with Gasteiger partial charge in [-0.3, -0.25) is 9.59 Å². The van der Waals surface area contributed by atoms with Crippen LogP contribution in [0.4, 0.5) is 0 Å². The summed E-state index contributed by atoms with van der Waals surface area (Å²) < 4.78 is 10.3. The van der Waals surface area contributed by atoms with Crippen molar-refractivity contribution in [2.75, 3.05) is 7.11 Å². The minimum Gasteiger partial charge on any atom is -0.469 e. The highest BCUT2D eigenvalue weighted by Gasteiger charge is 2.27. The SMILES string of the molecule is CCCCCC(OC(C)=O)c1ccc([C@H]2CCC[C@@H]2C/C=C\CCCC(=O)OC)cc1. The van der Waals surface area contributed by atoms with E-state index in [1.54, 1.807) is 0 Å². The van der Waals surface area contributed by atoms with Crippen molar-refractivity contribution < 1.29 is 19.1 Å². The summed E-state index contributed by atoms with van der Waals surface area (Å²) in [6, 6.07) is 8.81. The van der Waals surface area contributed by atoms with Crippen molar-refractivity contribution in [3.05, 3.63) is 47.5 Å². The molecular formula is C27H40O4. The lowest BCUT2D eigenvalue weighted by Gasteiger charge is -2.21. The highest BCUT2D eigenvalue weighted by Crippen LogP contribution is 2.42. The number of ether oxygens (including phenoxy) is 2. The Balaban J connectivity index is 1.90. The molecule has 1 saturated carbocycles. The molecule has 1 unspecified atom stereocenters. The summed E-state index contributed by atoms with van der Waals surface area (Å²) in [7, 11) is 1.44. The normalized spacial score (nSPS) is 19.5. The van der Waals surface area contributed by atoms with Crippen molar-refractivity contribution in [2.24, 2.45) is 5.92 Å². The summed E-state index contributed by atoms with van der Waals surface area (Å²) in [6.07, 6.45) is 15.8. The number of hydrogen-bond acceptors (Lipinski definition) is 4. The Labute approximate surface area is 188 Å². The van der Waals surface area contributed by atoms with Crippen LogP contribution >= 0.6 is 0 Å². The number of esters is 2. The summed E-state index contributed by atoms with van der Waals surface area (Å²) in [5.41, 5.74) is 2.51. The number of rotatable bonds is 13. The van der Waals surface area contributed by atoms with Gasteiger partial charge in [-0.05, 0) is 67.9 Å². The van der Waals surface area contributed by atoms with Crippen molar-refractivity contribution >= 4 is 11.9 Å². The van der Waals surface area contributed by atoms with Crippen molar-refractivity contribution in [3.63, 3.8) is 0 Å². The zero-order valence-electron chi connectivity index (χ0n) is 19.6. The maximum absolute atomic E-state index is 11.5. The number of carbonyl (C=O) groups is 2. The van der Waals surface area contributed by atoms with Crippen LogP contribution in [0.3, 0.4) is 0 Å². The molecule has 0 aliphatic heterocycles. The van der Waals surface area contributed by atoms with Gasteiger partial charge in [0.2, 0.25) is 0 Å². The van der Waals surface area contributed by atoms with E-state index in [1.807, 2.05) is 0 Å². The number of methoxy groups -OCH3 is 1. The third kappa shape index (κ3) is 8.88. The Kier molecular flexibility index (Phi) is 11.4. The molecule has 31 heavy (non-hydrogen) atoms. The second-order valence-electron chi connectivity index (χ2n) is 8.73. The van der Waals surface area contributed by atoms with E-state index in [4.69, 9.17) is 4.74 Å². The van der Waals surface area contributed by atoms with Crippen LogP contribution < -0.4 is 0 Å². The van der Waals surface area contributed by atoms with Crippen LogP contribution in [-0.4, -0.2) is 19.0 Å². The molecule has 3 atom stereocenters. The fourth-order valence-electron chi connectivity index (χ4n) is 4.64. The predicted octanol–water partition coefficient (Wildman–Crippen LogP) is 7.04. The zero-order valence-corrected chi connectivity index (χ0v) is 19.6. The number of hydrogen-bond donors (Lipinski definition) is 0. The van der Waals surface area contributed by atoms with Gasteiger partial charge in [-0.1, -0.05) is 62.6 Å². The first-order valence-electron chi connectivity index (χ1n) is 12.0. The van der Waals surface area contributed by atoms with E-state index in [1.165, 1.54) is 38.9 Å². The van der Waals surface area contributed by atoms with Gasteiger partial charge in [0, 0.05) is 13.3 Å². The van der Waals surface area contributed by atoms with E-state index in [2.05, 4.69) is 48.1 Å². The molecule has 4 nitrogen and oxygen atoms in total. The third-order valence-electron chi connectivity index (χ3n) is 6.36. The molecular weight excluding hydrogens is 388 g/mol. The Morgan fingerprint density at radius 2 is 1.87 bits per heavy atom. The third-order valence-corrected chi connectivity index (χ3v) is 6.36. The van der Waals surface area contributed by atoms with Crippen LogP contribution in [0, 0.1) is 5.92 Å². The van der Waals surface area contributed by atoms with Crippen LogP contribution in [0.1, 0.15) is 108 Å². The number of unbranched alkanes of at least 4 members (excludes halogenated alkanes) is 3. The summed E-state index contributed by atoms with van der Waals surface area (Å²) >= 11 is 0. The standard InChI is InChI=1S/C27H40O4/c1-4-5-8-15-26(31-21(2)28)24-19-17-23(18-20-24)25-14-11-13-22(25)12-9-6-7-10-16-27(29)30-3/h6,9,17-20,22,25-26H,4-5,7-8,10-16H2,1-3H3/b9-6-/t22-,25-,26?/m0/s1. The largest absolute Gasteiger partial charge is 0.469 e. The number of allylic oxidation sites excluding steroid dienone is 2. The maximum Gasteiger partial charge on any atom is 0.305 e. The van der Waals surface area contributed by atoms with Crippen molar-refractivity contribution in [3.8, 4) is 0 Å². The fourth-order valence-corrected chi connectivity index (χ4v) is 4.64. The van der Waals surface area contributed by atoms with Gasteiger partial charge in [-0.15, -0.1) is 0 Å². The minimum absolute atomic E-state index is 0.131. The first-order valence-corrected chi connectivity index (χ1v) is 12.0. The van der Waals surface area contributed by atoms with Crippen molar-refractivity contribution in [1.29, 1.82) is 0 Å². The Bertz CT molecular complexity index is 692. The van der Waals surface area contributed by atoms with Gasteiger partial charge in [-0.2, -0.15) is 0 Å². The summed E-state index contributed by atoms with van der Waals surface area (Å²) in [5, 5.41) is 0. The predicted molar refractivity (Wildman–Crippen MR) is 125 cm³/mol. The Hall–Kier alpha value is -2.10. The minimum atomic E-state index is -0.209. The molecule has 1 aromatic carbocycles. The van der Waals surface area contributed by atoms with E-state index in [-0.39, 0.29) is 18.0 Å². The fraction of sp³-hybridized carbons (Fsp3) is 0.630. The smallest absolute Gasteiger partial charge is 0.305 e. The first-order chi connectivity index (χ1) is 15.0. The molecule has 0 N–H and O–H groups in total. The van der Waals surface area contributed by atoms with Gasteiger partial charge in [0.1, 0.15) is 6.10 Å². The molecule has 4 heteroatoms. The average Bonchev–Trinajstić information content (AvgIpc) is 3.23. The van der Waals surface area contributed by atoms with Gasteiger partial charge in [0.25, 0.3) is 0 Å². The molecule has 0 heterocycles. The quantitative estimate of drug-likeness (QED) is 0.192. The molecule has 1 aliphatic rings. The van der Waals surface area contributed by atoms with E-state index < -0.39 is 0 Å². The average molecular weight is 429 g/mol. The van der Waals surface area contributed by atoms with Crippen LogP contribution in [0.15, 0.2) is 36.4 Å². The van der Waals surface area contributed by atoms with Gasteiger partial charge < -0.3 is 9.47 Å². The lowest BCUT2D eigenvalue weighted by molar-refractivity contribution is -0.147. The van der Waals surface area contributed by atoms with Crippen LogP contribution in [0.2, 0.25) is 0 Å². The molecule has 0 saturated heterocycles. The van der Waals surface area contributed by atoms with Gasteiger partial charge in [-0.25, -0.2) is 0 Å². The number of benzene rings is 1. The molecule has 0 radical (unpaired) electrons. The topological polar surface area (TPSA) is 52.6 Å². The van der Waals surface area contributed by atoms with Crippen LogP contribution in [0.25, 0.3) is 0 Å². The Morgan fingerprint density at radius 3 is 2.55 bits per heavy atom. The van der Waals surface area contributed by atoms with Crippen molar-refractivity contribution in [1.82, 2.24) is 0 Å². The van der Waals surface area contributed by atoms with Crippen LogP contribution in [0.5, 0.6) is 0 Å². The molecule has 0 bridgehead atoms. The molecule has 1 aromatic rings. The van der Waals surface area contributed by atoms with E-state index in [9.17, 15) is 9.59 Å². The lowest BCUT2D eigenvalue weighted by Crippen LogP contribution is -2.10. The summed E-state index contributed by atoms with van der Waals surface area (Å²) in [6.45, 7) is 3.68. The first kappa shape index (κ1) is 25.2.